The lowest BCUT2D eigenvalue weighted by molar-refractivity contribution is 0.0998. The molecule has 0 spiro atoms. The second-order valence-corrected chi connectivity index (χ2v) is 7.05. The van der Waals surface area contributed by atoms with Gasteiger partial charge in [-0.15, -0.1) is 0 Å². The molecule has 0 saturated carbocycles. The molecule has 0 aliphatic carbocycles. The highest BCUT2D eigenvalue weighted by Gasteiger charge is 2.19. The van der Waals surface area contributed by atoms with Crippen LogP contribution in [0, 0.1) is 20.8 Å². The van der Waals surface area contributed by atoms with Crippen LogP contribution < -0.4 is 5.32 Å². The molecular weight excluding hydrogens is 346 g/mol. The number of hydrogen-bond acceptors (Lipinski definition) is 5. The highest BCUT2D eigenvalue weighted by Crippen LogP contribution is 2.27. The highest BCUT2D eigenvalue weighted by molar-refractivity contribution is 7.10. The van der Waals surface area contributed by atoms with Crippen LogP contribution in [-0.2, 0) is 0 Å². The summed E-state index contributed by atoms with van der Waals surface area (Å²) in [5.41, 5.74) is 4.71. The Kier molecular flexibility index (Phi) is 4.05. The zero-order valence-electron chi connectivity index (χ0n) is 14.7. The third-order valence-electron chi connectivity index (χ3n) is 4.26. The van der Waals surface area contributed by atoms with Crippen molar-refractivity contribution < 1.29 is 9.21 Å². The van der Waals surface area contributed by atoms with Crippen molar-refractivity contribution in [1.82, 2.24) is 9.36 Å². The first-order valence-corrected chi connectivity index (χ1v) is 9.00. The number of aromatic nitrogens is 2. The number of anilines is 1. The molecule has 2 aromatic heterocycles. The summed E-state index contributed by atoms with van der Waals surface area (Å²) in [6.07, 6.45) is 0. The lowest BCUT2D eigenvalue weighted by atomic mass is 10.1. The van der Waals surface area contributed by atoms with Gasteiger partial charge in [0, 0.05) is 28.0 Å². The molecule has 1 N–H and O–H groups in total. The topological polar surface area (TPSA) is 68.0 Å². The molecule has 0 fully saturated rings. The van der Waals surface area contributed by atoms with Crippen molar-refractivity contribution in [2.24, 2.45) is 0 Å². The fourth-order valence-corrected chi connectivity index (χ4v) is 3.38. The van der Waals surface area contributed by atoms with Crippen molar-refractivity contribution in [2.45, 2.75) is 20.8 Å². The Morgan fingerprint density at radius 2 is 1.77 bits per heavy atom. The molecule has 6 heteroatoms. The molecule has 26 heavy (non-hydrogen) atoms. The van der Waals surface area contributed by atoms with Crippen molar-refractivity contribution >= 4 is 33.5 Å². The maximum absolute atomic E-state index is 12.6. The number of fused-ring (bicyclic) bond motifs is 1. The molecule has 0 radical (unpaired) electrons. The summed E-state index contributed by atoms with van der Waals surface area (Å²) in [5, 5.41) is 4.18. The monoisotopic (exact) mass is 363 g/mol. The van der Waals surface area contributed by atoms with Crippen molar-refractivity contribution in [3.63, 3.8) is 0 Å². The molecule has 0 saturated heterocycles. The van der Waals surface area contributed by atoms with Crippen molar-refractivity contribution in [1.29, 1.82) is 0 Å². The Labute approximate surface area is 154 Å². The van der Waals surface area contributed by atoms with Crippen LogP contribution in [0.15, 0.2) is 46.9 Å². The average molecular weight is 363 g/mol. The Morgan fingerprint density at radius 3 is 2.54 bits per heavy atom. The number of nitrogens with zero attached hydrogens (tertiary/aromatic N) is 2. The quantitative estimate of drug-likeness (QED) is 0.548. The van der Waals surface area contributed by atoms with Gasteiger partial charge in [0.25, 0.3) is 5.91 Å². The summed E-state index contributed by atoms with van der Waals surface area (Å²) in [5.74, 6) is 0.586. The largest absolute Gasteiger partial charge is 0.451 e. The summed E-state index contributed by atoms with van der Waals surface area (Å²) < 4.78 is 10.1. The van der Waals surface area contributed by atoms with Gasteiger partial charge in [0.1, 0.15) is 5.58 Å². The maximum Gasteiger partial charge on any atom is 0.293 e. The van der Waals surface area contributed by atoms with Crippen LogP contribution in [0.1, 0.15) is 27.2 Å². The molecule has 130 valence electrons. The van der Waals surface area contributed by atoms with Gasteiger partial charge < -0.3 is 4.42 Å². The first kappa shape index (κ1) is 16.5. The van der Waals surface area contributed by atoms with E-state index in [9.17, 15) is 4.79 Å². The molecule has 0 aliphatic rings. The number of aryl methyl sites for hydroxylation is 3. The molecular formula is C20H17N3O2S. The fraction of sp³-hybridized carbons (Fsp3) is 0.150. The van der Waals surface area contributed by atoms with Crippen LogP contribution in [0.3, 0.4) is 0 Å². The number of benzene rings is 2. The molecule has 0 unspecified atom stereocenters. The van der Waals surface area contributed by atoms with Crippen LogP contribution in [0.5, 0.6) is 0 Å². The van der Waals surface area contributed by atoms with Gasteiger partial charge >= 0.3 is 0 Å². The average Bonchev–Trinajstić information content (AvgIpc) is 3.20. The minimum Gasteiger partial charge on any atom is -0.451 e. The second-order valence-electron chi connectivity index (χ2n) is 6.30. The highest BCUT2D eigenvalue weighted by atomic mass is 32.1. The number of hydrogen-bond donors (Lipinski definition) is 1. The van der Waals surface area contributed by atoms with Gasteiger partial charge in [-0.1, -0.05) is 42.0 Å². The van der Waals surface area contributed by atoms with Gasteiger partial charge in [-0.2, -0.15) is 9.36 Å². The molecule has 1 amide bonds. The summed E-state index contributed by atoms with van der Waals surface area (Å²) in [7, 11) is 0. The predicted octanol–water partition coefficient (Wildman–Crippen LogP) is 5.13. The van der Waals surface area contributed by atoms with E-state index in [1.165, 1.54) is 5.56 Å². The normalized spacial score (nSPS) is 11.0. The molecule has 2 heterocycles. The molecule has 2 aromatic carbocycles. The zero-order chi connectivity index (χ0) is 18.3. The van der Waals surface area contributed by atoms with Gasteiger partial charge in [0.15, 0.2) is 11.6 Å². The molecule has 0 atom stereocenters. The van der Waals surface area contributed by atoms with E-state index in [-0.39, 0.29) is 5.91 Å². The van der Waals surface area contributed by atoms with Crippen LogP contribution in [0.4, 0.5) is 5.13 Å². The van der Waals surface area contributed by atoms with E-state index >= 15 is 0 Å². The number of furan rings is 1. The smallest absolute Gasteiger partial charge is 0.293 e. The standard InChI is InChI=1S/C20H17N3O2S/c1-11-4-7-14(8-5-11)18-21-20(26-23-18)22-19(24)17-13(3)15-9-6-12(2)10-16(15)25-17/h4-10H,1-3H3,(H,21,22,23,24). The molecule has 0 aliphatic heterocycles. The summed E-state index contributed by atoms with van der Waals surface area (Å²) >= 11 is 1.15. The van der Waals surface area contributed by atoms with E-state index in [4.69, 9.17) is 4.42 Å². The van der Waals surface area contributed by atoms with Gasteiger partial charge in [-0.25, -0.2) is 0 Å². The van der Waals surface area contributed by atoms with Crippen LogP contribution in [0.25, 0.3) is 22.4 Å². The third kappa shape index (κ3) is 2.99. The Hall–Kier alpha value is -2.99. The summed E-state index contributed by atoms with van der Waals surface area (Å²) in [6.45, 7) is 5.90. The molecule has 5 nitrogen and oxygen atoms in total. The lowest BCUT2D eigenvalue weighted by Gasteiger charge is -1.99. The molecule has 0 bridgehead atoms. The number of nitrogens with one attached hydrogen (secondary N) is 1. The Balaban J connectivity index is 1.59. The molecule has 4 rings (SSSR count). The summed E-state index contributed by atoms with van der Waals surface area (Å²) in [6, 6.07) is 13.9. The first-order chi connectivity index (χ1) is 12.5. The van der Waals surface area contributed by atoms with Gasteiger partial charge in [-0.05, 0) is 32.4 Å². The second kappa shape index (κ2) is 6.38. The van der Waals surface area contributed by atoms with Crippen LogP contribution in [0.2, 0.25) is 0 Å². The van der Waals surface area contributed by atoms with E-state index < -0.39 is 0 Å². The lowest BCUT2D eigenvalue weighted by Crippen LogP contribution is -2.11. The van der Waals surface area contributed by atoms with E-state index in [0.29, 0.717) is 22.3 Å². The number of rotatable bonds is 3. The minimum atomic E-state index is -0.317. The number of carbonyl (C=O) groups is 1. The molecule has 4 aromatic rings. The van der Waals surface area contributed by atoms with Crippen molar-refractivity contribution in [3.8, 4) is 11.4 Å². The SMILES string of the molecule is Cc1ccc(-c2nsc(NC(=O)c3oc4cc(C)ccc4c3C)n2)cc1. The van der Waals surface area contributed by atoms with E-state index in [1.54, 1.807) is 0 Å². The zero-order valence-corrected chi connectivity index (χ0v) is 15.5. The maximum atomic E-state index is 12.6. The van der Waals surface area contributed by atoms with Gasteiger partial charge in [0.2, 0.25) is 5.13 Å². The van der Waals surface area contributed by atoms with Crippen molar-refractivity contribution in [3.05, 3.63) is 64.9 Å². The van der Waals surface area contributed by atoms with Gasteiger partial charge in [-0.3, -0.25) is 10.1 Å². The predicted molar refractivity (Wildman–Crippen MR) is 104 cm³/mol. The van der Waals surface area contributed by atoms with E-state index in [1.807, 2.05) is 63.2 Å². The third-order valence-corrected chi connectivity index (χ3v) is 4.89. The summed E-state index contributed by atoms with van der Waals surface area (Å²) in [4.78, 5) is 17.0. The number of carbonyl (C=O) groups excluding carboxylic acids is 1. The van der Waals surface area contributed by atoms with Crippen molar-refractivity contribution in [2.75, 3.05) is 5.32 Å². The fourth-order valence-electron chi connectivity index (χ4n) is 2.80. The van der Waals surface area contributed by atoms with Gasteiger partial charge in [0.05, 0.1) is 0 Å². The minimum absolute atomic E-state index is 0.303. The van der Waals surface area contributed by atoms with Crippen LogP contribution >= 0.6 is 11.5 Å². The Bertz CT molecular complexity index is 1110. The van der Waals surface area contributed by atoms with Crippen LogP contribution in [-0.4, -0.2) is 15.3 Å². The van der Waals surface area contributed by atoms with E-state index in [2.05, 4.69) is 14.7 Å². The van der Waals surface area contributed by atoms with E-state index in [0.717, 1.165) is 33.6 Å². The number of amides is 1. The Morgan fingerprint density at radius 1 is 1.04 bits per heavy atom. The first-order valence-electron chi connectivity index (χ1n) is 8.23.